The molecule has 8 heteroatoms. The third-order valence-electron chi connectivity index (χ3n) is 6.19. The molecule has 2 saturated heterocycles. The number of nitrogens with one attached hydrogen (secondary N) is 1. The predicted octanol–water partition coefficient (Wildman–Crippen LogP) is 1.68. The van der Waals surface area contributed by atoms with Crippen molar-refractivity contribution < 1.29 is 14.2 Å². The lowest BCUT2D eigenvalue weighted by atomic mass is 10.1. The molecule has 3 rings (SSSR count). The highest BCUT2D eigenvalue weighted by Crippen LogP contribution is 2.31. The summed E-state index contributed by atoms with van der Waals surface area (Å²) in [6, 6.07) is 6.84. The molecule has 1 N–H and O–H groups in total. The summed E-state index contributed by atoms with van der Waals surface area (Å²) in [6.07, 6.45) is 1.18. The SMILES string of the molecule is CCNC(=NCC(c1ccc(OC)c(OC)c1)N(C)C)N1CCC(N2CCOCC2)C1. The van der Waals surface area contributed by atoms with Crippen LogP contribution in [0.1, 0.15) is 24.9 Å². The summed E-state index contributed by atoms with van der Waals surface area (Å²) in [5.41, 5.74) is 1.16. The summed E-state index contributed by atoms with van der Waals surface area (Å²) in [7, 11) is 7.52. The standard InChI is InChI=1S/C23H39N5O3/c1-6-24-23(28-10-9-19(17-28)27-11-13-31-14-12-27)25-16-20(26(2)3)18-7-8-21(29-4)22(15-18)30-5/h7-8,15,19-20H,6,9-14,16-17H2,1-5H3,(H,24,25). The highest BCUT2D eigenvalue weighted by atomic mass is 16.5. The summed E-state index contributed by atoms with van der Waals surface area (Å²) < 4.78 is 16.4. The second-order valence-corrected chi connectivity index (χ2v) is 8.33. The van der Waals surface area contributed by atoms with E-state index in [1.807, 2.05) is 6.07 Å². The van der Waals surface area contributed by atoms with Gasteiger partial charge in [-0.05, 0) is 45.1 Å². The van der Waals surface area contributed by atoms with Crippen LogP contribution >= 0.6 is 0 Å². The molecule has 174 valence electrons. The van der Waals surface area contributed by atoms with E-state index in [-0.39, 0.29) is 6.04 Å². The maximum atomic E-state index is 5.52. The van der Waals surface area contributed by atoms with E-state index in [2.05, 4.69) is 53.2 Å². The van der Waals surface area contributed by atoms with E-state index in [0.717, 1.165) is 69.0 Å². The summed E-state index contributed by atoms with van der Waals surface area (Å²) in [4.78, 5) is 12.2. The molecule has 2 atom stereocenters. The lowest BCUT2D eigenvalue weighted by Crippen LogP contribution is -2.46. The molecule has 0 aliphatic carbocycles. The number of ether oxygens (including phenoxy) is 3. The quantitative estimate of drug-likeness (QED) is 0.494. The van der Waals surface area contributed by atoms with Gasteiger partial charge in [-0.2, -0.15) is 0 Å². The average molecular weight is 434 g/mol. The number of hydrogen-bond donors (Lipinski definition) is 1. The van der Waals surface area contributed by atoms with Crippen LogP contribution in [0.25, 0.3) is 0 Å². The van der Waals surface area contributed by atoms with Crippen LogP contribution in [0.4, 0.5) is 0 Å². The van der Waals surface area contributed by atoms with Crippen LogP contribution in [0.15, 0.2) is 23.2 Å². The second kappa shape index (κ2) is 11.5. The van der Waals surface area contributed by atoms with Crippen molar-refractivity contribution in [2.45, 2.75) is 25.4 Å². The molecule has 31 heavy (non-hydrogen) atoms. The van der Waals surface area contributed by atoms with E-state index in [9.17, 15) is 0 Å². The van der Waals surface area contributed by atoms with Crippen LogP contribution in [0.5, 0.6) is 11.5 Å². The van der Waals surface area contributed by atoms with E-state index in [1.165, 1.54) is 6.42 Å². The van der Waals surface area contributed by atoms with Crippen molar-refractivity contribution in [2.75, 3.05) is 80.8 Å². The van der Waals surface area contributed by atoms with Crippen molar-refractivity contribution in [3.8, 4) is 11.5 Å². The second-order valence-electron chi connectivity index (χ2n) is 8.33. The molecule has 0 aromatic heterocycles. The molecule has 0 bridgehead atoms. The van der Waals surface area contributed by atoms with Crippen molar-refractivity contribution in [1.82, 2.24) is 20.0 Å². The number of nitrogens with zero attached hydrogens (tertiary/aromatic N) is 4. The molecular formula is C23H39N5O3. The molecule has 1 aromatic rings. The van der Waals surface area contributed by atoms with Crippen LogP contribution < -0.4 is 14.8 Å². The van der Waals surface area contributed by atoms with Crippen LogP contribution in [-0.4, -0.2) is 107 Å². The van der Waals surface area contributed by atoms with Crippen molar-refractivity contribution >= 4 is 5.96 Å². The molecular weight excluding hydrogens is 394 g/mol. The minimum Gasteiger partial charge on any atom is -0.493 e. The van der Waals surface area contributed by atoms with Crippen molar-refractivity contribution in [1.29, 1.82) is 0 Å². The van der Waals surface area contributed by atoms with E-state index in [0.29, 0.717) is 12.6 Å². The normalized spacial score (nSPS) is 21.4. The van der Waals surface area contributed by atoms with Crippen LogP contribution in [0, 0.1) is 0 Å². The van der Waals surface area contributed by atoms with Crippen molar-refractivity contribution in [3.63, 3.8) is 0 Å². The van der Waals surface area contributed by atoms with Crippen molar-refractivity contribution in [3.05, 3.63) is 23.8 Å². The van der Waals surface area contributed by atoms with Crippen LogP contribution in [0.2, 0.25) is 0 Å². The third kappa shape index (κ3) is 6.02. The smallest absolute Gasteiger partial charge is 0.194 e. The first kappa shape index (κ1) is 23.6. The lowest BCUT2D eigenvalue weighted by molar-refractivity contribution is 0.0195. The Hall–Kier alpha value is -2.03. The van der Waals surface area contributed by atoms with Gasteiger partial charge in [0.05, 0.1) is 40.0 Å². The molecule has 0 saturated carbocycles. The molecule has 0 radical (unpaired) electrons. The van der Waals surface area contributed by atoms with Crippen LogP contribution in [-0.2, 0) is 4.74 Å². The minimum atomic E-state index is 0.145. The molecule has 2 heterocycles. The van der Waals surface area contributed by atoms with E-state index < -0.39 is 0 Å². The number of guanidine groups is 1. The number of hydrogen-bond acceptors (Lipinski definition) is 6. The van der Waals surface area contributed by atoms with Gasteiger partial charge in [-0.25, -0.2) is 0 Å². The lowest BCUT2D eigenvalue weighted by Gasteiger charge is -2.32. The fraction of sp³-hybridized carbons (Fsp3) is 0.696. The number of aliphatic imine (C=N–C) groups is 1. The maximum Gasteiger partial charge on any atom is 0.194 e. The molecule has 1 aromatic carbocycles. The van der Waals surface area contributed by atoms with E-state index >= 15 is 0 Å². The predicted molar refractivity (Wildman–Crippen MR) is 124 cm³/mol. The van der Waals surface area contributed by atoms with Gasteiger partial charge >= 0.3 is 0 Å². The highest BCUT2D eigenvalue weighted by molar-refractivity contribution is 5.80. The van der Waals surface area contributed by atoms with Gasteiger partial charge in [-0.15, -0.1) is 0 Å². The molecule has 2 aliphatic rings. The Morgan fingerprint density at radius 1 is 1.19 bits per heavy atom. The van der Waals surface area contributed by atoms with E-state index in [1.54, 1.807) is 14.2 Å². The number of morpholine rings is 1. The molecule has 0 spiro atoms. The summed E-state index contributed by atoms with van der Waals surface area (Å²) in [6.45, 7) is 9.49. The van der Waals surface area contributed by atoms with Crippen LogP contribution in [0.3, 0.4) is 0 Å². The highest BCUT2D eigenvalue weighted by Gasteiger charge is 2.30. The summed E-state index contributed by atoms with van der Waals surface area (Å²) in [5.74, 6) is 2.49. The fourth-order valence-corrected chi connectivity index (χ4v) is 4.40. The fourth-order valence-electron chi connectivity index (χ4n) is 4.40. The number of methoxy groups -OCH3 is 2. The monoisotopic (exact) mass is 433 g/mol. The molecule has 2 aliphatic heterocycles. The van der Waals surface area contributed by atoms with Gasteiger partial charge in [0.15, 0.2) is 17.5 Å². The topological polar surface area (TPSA) is 61.8 Å². The first-order valence-corrected chi connectivity index (χ1v) is 11.3. The Morgan fingerprint density at radius 3 is 2.58 bits per heavy atom. The molecule has 2 fully saturated rings. The van der Waals surface area contributed by atoms with Gasteiger partial charge in [0.25, 0.3) is 0 Å². The molecule has 8 nitrogen and oxygen atoms in total. The van der Waals surface area contributed by atoms with Gasteiger partial charge in [0, 0.05) is 38.8 Å². The Labute approximate surface area is 187 Å². The van der Waals surface area contributed by atoms with Crippen molar-refractivity contribution in [2.24, 2.45) is 4.99 Å². The Balaban J connectivity index is 1.71. The first-order valence-electron chi connectivity index (χ1n) is 11.3. The van der Waals surface area contributed by atoms with Gasteiger partial charge in [-0.3, -0.25) is 9.89 Å². The minimum absolute atomic E-state index is 0.145. The number of rotatable bonds is 8. The third-order valence-corrected chi connectivity index (χ3v) is 6.19. The Morgan fingerprint density at radius 2 is 1.94 bits per heavy atom. The maximum absolute atomic E-state index is 5.52. The molecule has 2 unspecified atom stereocenters. The number of benzene rings is 1. The summed E-state index contributed by atoms with van der Waals surface area (Å²) >= 11 is 0. The van der Waals surface area contributed by atoms with Gasteiger partial charge < -0.3 is 29.3 Å². The average Bonchev–Trinajstić information content (AvgIpc) is 3.29. The Bertz CT molecular complexity index is 721. The number of likely N-dealkylation sites (N-methyl/N-ethyl adjacent to an activating group) is 1. The summed E-state index contributed by atoms with van der Waals surface area (Å²) in [5, 5.41) is 3.50. The Kier molecular flexibility index (Phi) is 8.80. The van der Waals surface area contributed by atoms with Gasteiger partial charge in [0.1, 0.15) is 0 Å². The molecule has 0 amide bonds. The van der Waals surface area contributed by atoms with E-state index in [4.69, 9.17) is 19.2 Å². The zero-order valence-electron chi connectivity index (χ0n) is 19.8. The largest absolute Gasteiger partial charge is 0.493 e. The van der Waals surface area contributed by atoms with Gasteiger partial charge in [0.2, 0.25) is 0 Å². The first-order chi connectivity index (χ1) is 15.1. The van der Waals surface area contributed by atoms with Gasteiger partial charge in [-0.1, -0.05) is 6.07 Å². The zero-order valence-corrected chi connectivity index (χ0v) is 19.8. The number of likely N-dealkylation sites (tertiary alicyclic amines) is 1. The zero-order chi connectivity index (χ0) is 22.2.